The van der Waals surface area contributed by atoms with Gasteiger partial charge in [0.2, 0.25) is 5.91 Å². The molecule has 6 nitrogen and oxygen atoms in total. The van der Waals surface area contributed by atoms with Gasteiger partial charge in [-0.3, -0.25) is 9.59 Å². The van der Waals surface area contributed by atoms with Gasteiger partial charge in [-0.05, 0) is 133 Å². The van der Waals surface area contributed by atoms with Gasteiger partial charge in [-0.15, -0.1) is 11.3 Å². The highest BCUT2D eigenvalue weighted by Crippen LogP contribution is 2.47. The van der Waals surface area contributed by atoms with Crippen LogP contribution in [0, 0.1) is 31.6 Å². The number of piperidine rings is 2. The van der Waals surface area contributed by atoms with E-state index in [4.69, 9.17) is 0 Å². The summed E-state index contributed by atoms with van der Waals surface area (Å²) in [4.78, 5) is 37.8. The van der Waals surface area contributed by atoms with Gasteiger partial charge < -0.3 is 20.1 Å². The zero-order chi connectivity index (χ0) is 31.5. The van der Waals surface area contributed by atoms with Crippen molar-refractivity contribution in [2.24, 2.45) is 17.8 Å². The van der Waals surface area contributed by atoms with E-state index in [-0.39, 0.29) is 5.92 Å². The first-order chi connectivity index (χ1) is 21.6. The number of likely N-dealkylation sites (tertiary alicyclic amines) is 2. The number of carbonyl (C=O) groups excluding carboxylic acids is 2. The zero-order valence-corrected chi connectivity index (χ0v) is 28.8. The first kappa shape index (κ1) is 31.1. The van der Waals surface area contributed by atoms with Gasteiger partial charge in [0.25, 0.3) is 0 Å². The standard InChI is InChI=1S/C38H52N4O2S/c1-23-16-24(2)18-28(17-23)35-33(25(3)22-41-14-10-26(11-15-41)19-32(43)42-12-6-7-13-42)29-20-31(45-37(29)40-35)38(4,5)36(44)34-27-8-9-30(34)39-21-27/h16-18,20,25-27,30,34,39-40H,6-15,19,21-22H2,1-5H3/t25-,27?,30?,34?/m1/s1. The molecule has 1 saturated carbocycles. The van der Waals surface area contributed by atoms with Crippen LogP contribution in [-0.2, 0) is 15.0 Å². The van der Waals surface area contributed by atoms with Gasteiger partial charge in [0.15, 0.2) is 0 Å². The van der Waals surface area contributed by atoms with Crippen LogP contribution in [0.25, 0.3) is 21.5 Å². The Kier molecular flexibility index (Phi) is 8.49. The first-order valence-electron chi connectivity index (χ1n) is 17.6. The molecule has 45 heavy (non-hydrogen) atoms. The van der Waals surface area contributed by atoms with Gasteiger partial charge in [-0.1, -0.05) is 24.1 Å². The fraction of sp³-hybridized carbons (Fsp3) is 0.632. The lowest BCUT2D eigenvalue weighted by Gasteiger charge is -2.34. The quantitative estimate of drug-likeness (QED) is 0.263. The van der Waals surface area contributed by atoms with E-state index in [0.29, 0.717) is 35.5 Å². The minimum absolute atomic E-state index is 0.151. The van der Waals surface area contributed by atoms with Crippen LogP contribution in [-0.4, -0.2) is 71.8 Å². The van der Waals surface area contributed by atoms with Crippen LogP contribution in [0.1, 0.15) is 93.2 Å². The molecule has 1 aromatic carbocycles. The molecule has 4 aliphatic rings. The number of aryl methyl sites for hydroxylation is 2. The molecule has 1 amide bonds. The molecule has 2 bridgehead atoms. The lowest BCUT2D eigenvalue weighted by Crippen LogP contribution is -2.39. The van der Waals surface area contributed by atoms with Crippen LogP contribution in [0.15, 0.2) is 24.3 Å². The number of carbonyl (C=O) groups is 2. The maximum absolute atomic E-state index is 14.1. The summed E-state index contributed by atoms with van der Waals surface area (Å²) in [6, 6.07) is 9.57. The molecule has 3 aromatic rings. The SMILES string of the molecule is Cc1cc(C)cc(-c2[nH]c3sc(C(C)(C)C(=O)C4C5CCC4NC5)cc3c2[C@H](C)CN2CCC(CC(=O)N3CCCC3)CC2)c1. The Hall–Kier alpha value is -2.48. The Morgan fingerprint density at radius 1 is 0.978 bits per heavy atom. The van der Waals surface area contributed by atoms with Gasteiger partial charge in [-0.2, -0.15) is 0 Å². The lowest BCUT2D eigenvalue weighted by atomic mass is 9.76. The zero-order valence-electron chi connectivity index (χ0n) is 28.0. The third-order valence-electron chi connectivity index (χ3n) is 11.7. The molecule has 0 spiro atoms. The van der Waals surface area contributed by atoms with Gasteiger partial charge in [0.05, 0.1) is 11.1 Å². The van der Waals surface area contributed by atoms with E-state index in [9.17, 15) is 9.59 Å². The van der Waals surface area contributed by atoms with Crippen LogP contribution in [0.2, 0.25) is 0 Å². The Morgan fingerprint density at radius 2 is 1.69 bits per heavy atom. The summed E-state index contributed by atoms with van der Waals surface area (Å²) >= 11 is 1.79. The monoisotopic (exact) mass is 628 g/mol. The Balaban J connectivity index is 1.13. The molecular formula is C38H52N4O2S. The highest BCUT2D eigenvalue weighted by Gasteiger charge is 2.50. The van der Waals surface area contributed by atoms with Crippen LogP contribution < -0.4 is 5.32 Å². The molecule has 2 N–H and O–H groups in total. The molecule has 3 aliphatic heterocycles. The maximum atomic E-state index is 14.1. The summed E-state index contributed by atoms with van der Waals surface area (Å²) in [6.07, 6.45) is 7.58. The molecular weight excluding hydrogens is 577 g/mol. The van der Waals surface area contributed by atoms with Gasteiger partial charge >= 0.3 is 0 Å². The number of Topliss-reactive ketones (excluding diaryl/α,β-unsaturated/α-hetero) is 1. The molecule has 7 rings (SSSR count). The first-order valence-corrected chi connectivity index (χ1v) is 18.4. The molecule has 4 atom stereocenters. The number of rotatable bonds is 9. The number of nitrogens with one attached hydrogen (secondary N) is 2. The highest BCUT2D eigenvalue weighted by molar-refractivity contribution is 7.19. The van der Waals surface area contributed by atoms with Gasteiger partial charge in [0.1, 0.15) is 10.6 Å². The third-order valence-corrected chi connectivity index (χ3v) is 13.0. The number of nitrogens with zero attached hydrogens (tertiary/aromatic N) is 2. The number of ketones is 1. The van der Waals surface area contributed by atoms with Crippen LogP contribution in [0.4, 0.5) is 0 Å². The van der Waals surface area contributed by atoms with Crippen molar-refractivity contribution in [3.8, 4) is 11.3 Å². The summed E-state index contributed by atoms with van der Waals surface area (Å²) in [5.41, 5.74) is 5.92. The second kappa shape index (κ2) is 12.3. The van der Waals surface area contributed by atoms with Gasteiger partial charge in [-0.25, -0.2) is 0 Å². The summed E-state index contributed by atoms with van der Waals surface area (Å²) in [7, 11) is 0. The largest absolute Gasteiger partial charge is 0.346 e. The molecule has 2 aromatic heterocycles. The predicted octanol–water partition coefficient (Wildman–Crippen LogP) is 7.19. The highest BCUT2D eigenvalue weighted by atomic mass is 32.1. The minimum Gasteiger partial charge on any atom is -0.346 e. The van der Waals surface area contributed by atoms with Crippen molar-refractivity contribution in [3.05, 3.63) is 45.8 Å². The number of fused-ring (bicyclic) bond motifs is 3. The summed E-state index contributed by atoms with van der Waals surface area (Å²) in [5.74, 6) is 2.28. The second-order valence-electron chi connectivity index (χ2n) is 15.4. The van der Waals surface area contributed by atoms with E-state index in [1.807, 2.05) is 0 Å². The Bertz CT molecular complexity index is 1530. The Labute approximate surface area is 273 Å². The van der Waals surface area contributed by atoms with Crippen molar-refractivity contribution in [3.63, 3.8) is 0 Å². The number of hydrogen-bond acceptors (Lipinski definition) is 5. The van der Waals surface area contributed by atoms with E-state index in [2.05, 4.69) is 79.0 Å². The topological polar surface area (TPSA) is 68.4 Å². The average molecular weight is 629 g/mol. The summed E-state index contributed by atoms with van der Waals surface area (Å²) in [5, 5.41) is 4.90. The van der Waals surface area contributed by atoms with Crippen molar-refractivity contribution in [1.29, 1.82) is 0 Å². The van der Waals surface area contributed by atoms with E-state index in [0.717, 1.165) is 77.8 Å². The van der Waals surface area contributed by atoms with E-state index in [1.54, 1.807) is 11.3 Å². The second-order valence-corrected chi connectivity index (χ2v) is 16.5. The van der Waals surface area contributed by atoms with Crippen LogP contribution in [0.3, 0.4) is 0 Å². The van der Waals surface area contributed by atoms with E-state index in [1.165, 1.54) is 49.5 Å². The number of amides is 1. The fourth-order valence-corrected chi connectivity index (χ4v) is 10.3. The average Bonchev–Trinajstić information content (AvgIpc) is 3.83. The van der Waals surface area contributed by atoms with E-state index >= 15 is 0 Å². The Morgan fingerprint density at radius 3 is 2.31 bits per heavy atom. The number of benzene rings is 1. The lowest BCUT2D eigenvalue weighted by molar-refractivity contribution is -0.131. The van der Waals surface area contributed by atoms with Crippen LogP contribution in [0.5, 0.6) is 0 Å². The molecule has 3 saturated heterocycles. The molecule has 7 heteroatoms. The normalized spacial score (nSPS) is 25.1. The van der Waals surface area contributed by atoms with E-state index < -0.39 is 5.41 Å². The molecule has 4 fully saturated rings. The van der Waals surface area contributed by atoms with Crippen molar-refractivity contribution < 1.29 is 9.59 Å². The minimum atomic E-state index is -0.503. The van der Waals surface area contributed by atoms with Crippen molar-refractivity contribution >= 4 is 33.2 Å². The van der Waals surface area contributed by atoms with Gasteiger partial charge in [0, 0.05) is 48.3 Å². The van der Waals surface area contributed by atoms with Crippen molar-refractivity contribution in [1.82, 2.24) is 20.1 Å². The summed E-state index contributed by atoms with van der Waals surface area (Å²) in [6.45, 7) is 17.1. The molecule has 1 aliphatic carbocycles. The molecule has 0 radical (unpaired) electrons. The number of aromatic amines is 1. The maximum Gasteiger partial charge on any atom is 0.222 e. The number of aromatic nitrogens is 1. The predicted molar refractivity (Wildman–Crippen MR) is 185 cm³/mol. The molecule has 3 unspecified atom stereocenters. The number of hydrogen-bond donors (Lipinski definition) is 2. The number of thiophene rings is 1. The number of H-pyrrole nitrogens is 1. The van der Waals surface area contributed by atoms with Crippen molar-refractivity contribution in [2.45, 2.75) is 96.9 Å². The van der Waals surface area contributed by atoms with Crippen molar-refractivity contribution in [2.75, 3.05) is 39.3 Å². The van der Waals surface area contributed by atoms with Crippen LogP contribution >= 0.6 is 11.3 Å². The summed E-state index contributed by atoms with van der Waals surface area (Å²) < 4.78 is 0. The molecule has 242 valence electrons. The fourth-order valence-electron chi connectivity index (χ4n) is 9.14. The third kappa shape index (κ3) is 5.94. The molecule has 5 heterocycles. The smallest absolute Gasteiger partial charge is 0.222 e.